The molecule has 1 amide bonds. The summed E-state index contributed by atoms with van der Waals surface area (Å²) in [4.78, 5) is 25.4. The van der Waals surface area contributed by atoms with E-state index in [2.05, 4.69) is 5.32 Å². The molecule has 0 saturated heterocycles. The monoisotopic (exact) mass is 310 g/mol. The van der Waals surface area contributed by atoms with Crippen molar-refractivity contribution in [2.45, 2.75) is 19.3 Å². The van der Waals surface area contributed by atoms with Crippen LogP contribution in [0.25, 0.3) is 0 Å². The zero-order valence-electron chi connectivity index (χ0n) is 12.1. The lowest BCUT2D eigenvalue weighted by Crippen LogP contribution is -2.30. The highest BCUT2D eigenvalue weighted by molar-refractivity contribution is 6.34. The van der Waals surface area contributed by atoms with Gasteiger partial charge in [-0.2, -0.15) is 0 Å². The molecule has 0 heterocycles. The average molecular weight is 311 g/mol. The molecule has 0 aliphatic heterocycles. The highest BCUT2D eigenvalue weighted by Gasteiger charge is 2.37. The minimum absolute atomic E-state index is 0.245. The first kappa shape index (κ1) is 15.6. The van der Waals surface area contributed by atoms with Crippen molar-refractivity contribution in [3.05, 3.63) is 23.2 Å². The zero-order chi connectivity index (χ0) is 15.6. The van der Waals surface area contributed by atoms with Crippen LogP contribution in [-0.2, 0) is 9.59 Å². The van der Waals surface area contributed by atoms with Crippen LogP contribution >= 0.6 is 11.6 Å². The van der Waals surface area contributed by atoms with Crippen molar-refractivity contribution in [1.29, 1.82) is 0 Å². The van der Waals surface area contributed by atoms with Crippen molar-refractivity contribution in [3.63, 3.8) is 0 Å². The number of hydrogen-bond acceptors (Lipinski definition) is 3. The first-order chi connectivity index (χ1) is 9.91. The standard InChI is InChI=1S/C15H19ClN2O3/c1-18(2)13-11(16)7-4-8-12(13)17-14(19)9-5-3-6-10(9)15(20)21/h4,7-10H,3,5-6H2,1-2H3,(H,17,19)(H,20,21). The van der Waals surface area contributed by atoms with E-state index in [4.69, 9.17) is 11.6 Å². The first-order valence-corrected chi connectivity index (χ1v) is 7.29. The molecule has 1 aromatic carbocycles. The van der Waals surface area contributed by atoms with E-state index >= 15 is 0 Å². The summed E-state index contributed by atoms with van der Waals surface area (Å²) in [5, 5.41) is 12.5. The summed E-state index contributed by atoms with van der Waals surface area (Å²) in [6.45, 7) is 0. The molecular formula is C15H19ClN2O3. The fourth-order valence-corrected chi connectivity index (χ4v) is 3.21. The summed E-state index contributed by atoms with van der Waals surface area (Å²) in [5.74, 6) is -2.21. The molecule has 2 atom stereocenters. The van der Waals surface area contributed by atoms with Crippen molar-refractivity contribution in [2.75, 3.05) is 24.3 Å². The number of carbonyl (C=O) groups excluding carboxylic acids is 1. The van der Waals surface area contributed by atoms with Gasteiger partial charge in [-0.1, -0.05) is 24.1 Å². The number of anilines is 2. The lowest BCUT2D eigenvalue weighted by Gasteiger charge is -2.21. The van der Waals surface area contributed by atoms with Crippen molar-refractivity contribution in [2.24, 2.45) is 11.8 Å². The highest BCUT2D eigenvalue weighted by Crippen LogP contribution is 2.36. The third kappa shape index (κ3) is 3.29. The molecule has 2 N–H and O–H groups in total. The van der Waals surface area contributed by atoms with Crippen LogP contribution in [0.15, 0.2) is 18.2 Å². The largest absolute Gasteiger partial charge is 0.481 e. The van der Waals surface area contributed by atoms with Crippen LogP contribution in [0.3, 0.4) is 0 Å². The lowest BCUT2D eigenvalue weighted by atomic mass is 9.95. The summed E-state index contributed by atoms with van der Waals surface area (Å²) >= 11 is 6.16. The maximum absolute atomic E-state index is 12.4. The lowest BCUT2D eigenvalue weighted by molar-refractivity contribution is -0.145. The van der Waals surface area contributed by atoms with Gasteiger partial charge in [-0.05, 0) is 25.0 Å². The Bertz CT molecular complexity index is 560. The number of benzene rings is 1. The molecule has 2 rings (SSSR count). The number of carboxylic acid groups (broad SMARTS) is 1. The van der Waals surface area contributed by atoms with Crippen LogP contribution in [-0.4, -0.2) is 31.1 Å². The Morgan fingerprint density at radius 2 is 1.95 bits per heavy atom. The van der Waals surface area contributed by atoms with Gasteiger partial charge in [0.05, 0.1) is 28.2 Å². The van der Waals surface area contributed by atoms with Gasteiger partial charge < -0.3 is 15.3 Å². The van der Waals surface area contributed by atoms with E-state index in [9.17, 15) is 14.7 Å². The SMILES string of the molecule is CN(C)c1c(Cl)cccc1NC(=O)C1CCCC1C(=O)O. The molecule has 1 fully saturated rings. The van der Waals surface area contributed by atoms with E-state index in [0.717, 1.165) is 12.1 Å². The van der Waals surface area contributed by atoms with E-state index < -0.39 is 17.8 Å². The average Bonchev–Trinajstić information content (AvgIpc) is 2.87. The summed E-state index contributed by atoms with van der Waals surface area (Å²) in [5.41, 5.74) is 1.32. The number of carboxylic acids is 1. The normalized spacial score (nSPS) is 21.1. The molecule has 1 saturated carbocycles. The molecule has 1 aromatic rings. The Labute approximate surface area is 128 Å². The molecule has 0 spiro atoms. The highest BCUT2D eigenvalue weighted by atomic mass is 35.5. The number of para-hydroxylation sites is 1. The molecule has 6 heteroatoms. The Morgan fingerprint density at radius 1 is 1.29 bits per heavy atom. The van der Waals surface area contributed by atoms with Crippen LogP contribution in [0.5, 0.6) is 0 Å². The van der Waals surface area contributed by atoms with Gasteiger partial charge in [0, 0.05) is 14.1 Å². The predicted molar refractivity (Wildman–Crippen MR) is 82.9 cm³/mol. The summed E-state index contributed by atoms with van der Waals surface area (Å²) in [6.07, 6.45) is 1.94. The van der Waals surface area contributed by atoms with Gasteiger partial charge in [-0.25, -0.2) is 0 Å². The number of halogens is 1. The second-order valence-electron chi connectivity index (χ2n) is 5.50. The fraction of sp³-hybridized carbons (Fsp3) is 0.467. The quantitative estimate of drug-likeness (QED) is 0.897. The summed E-state index contributed by atoms with van der Waals surface area (Å²) in [7, 11) is 3.68. The zero-order valence-corrected chi connectivity index (χ0v) is 12.9. The third-order valence-corrected chi connectivity index (χ3v) is 4.17. The molecule has 5 nitrogen and oxygen atoms in total. The van der Waals surface area contributed by atoms with Crippen molar-refractivity contribution in [1.82, 2.24) is 0 Å². The number of amides is 1. The van der Waals surface area contributed by atoms with Crippen molar-refractivity contribution < 1.29 is 14.7 Å². The second kappa shape index (κ2) is 6.35. The summed E-state index contributed by atoms with van der Waals surface area (Å²) in [6, 6.07) is 5.28. The smallest absolute Gasteiger partial charge is 0.307 e. The molecule has 21 heavy (non-hydrogen) atoms. The van der Waals surface area contributed by atoms with Gasteiger partial charge in [0.1, 0.15) is 0 Å². The molecule has 0 bridgehead atoms. The van der Waals surface area contributed by atoms with Gasteiger partial charge in [0.25, 0.3) is 0 Å². The number of rotatable bonds is 4. The minimum atomic E-state index is -0.897. The van der Waals surface area contributed by atoms with Gasteiger partial charge in [-0.3, -0.25) is 9.59 Å². The first-order valence-electron chi connectivity index (χ1n) is 6.91. The summed E-state index contributed by atoms with van der Waals surface area (Å²) < 4.78 is 0. The second-order valence-corrected chi connectivity index (χ2v) is 5.91. The Kier molecular flexibility index (Phi) is 4.73. The maximum Gasteiger partial charge on any atom is 0.307 e. The van der Waals surface area contributed by atoms with Crippen LogP contribution in [0.2, 0.25) is 5.02 Å². The van der Waals surface area contributed by atoms with Crippen LogP contribution in [0.4, 0.5) is 11.4 Å². The molecule has 0 radical (unpaired) electrons. The van der Waals surface area contributed by atoms with Crippen molar-refractivity contribution in [3.8, 4) is 0 Å². The van der Waals surface area contributed by atoms with Gasteiger partial charge >= 0.3 is 5.97 Å². The third-order valence-electron chi connectivity index (χ3n) is 3.86. The number of hydrogen-bond donors (Lipinski definition) is 2. The van der Waals surface area contributed by atoms with Crippen LogP contribution in [0.1, 0.15) is 19.3 Å². The van der Waals surface area contributed by atoms with Crippen LogP contribution in [0, 0.1) is 11.8 Å². The van der Waals surface area contributed by atoms with E-state index in [1.165, 1.54) is 0 Å². The van der Waals surface area contributed by atoms with E-state index in [1.807, 2.05) is 19.0 Å². The molecule has 2 unspecified atom stereocenters. The predicted octanol–water partition coefficient (Wildman–Crippen LogP) is 2.85. The molecule has 1 aliphatic carbocycles. The van der Waals surface area contributed by atoms with Crippen LogP contribution < -0.4 is 10.2 Å². The van der Waals surface area contributed by atoms with E-state index in [-0.39, 0.29) is 5.91 Å². The Morgan fingerprint density at radius 3 is 2.57 bits per heavy atom. The molecule has 114 valence electrons. The van der Waals surface area contributed by atoms with Gasteiger partial charge in [-0.15, -0.1) is 0 Å². The molecule has 0 aromatic heterocycles. The molecular weight excluding hydrogens is 292 g/mol. The Balaban J connectivity index is 2.20. The molecule has 1 aliphatic rings. The minimum Gasteiger partial charge on any atom is -0.481 e. The number of nitrogens with zero attached hydrogens (tertiary/aromatic N) is 1. The number of nitrogens with one attached hydrogen (secondary N) is 1. The number of aliphatic carboxylic acids is 1. The van der Waals surface area contributed by atoms with E-state index in [0.29, 0.717) is 23.6 Å². The van der Waals surface area contributed by atoms with Crippen molar-refractivity contribution >= 4 is 34.9 Å². The van der Waals surface area contributed by atoms with Gasteiger partial charge in [0.2, 0.25) is 5.91 Å². The topological polar surface area (TPSA) is 69.6 Å². The van der Waals surface area contributed by atoms with Gasteiger partial charge in [0.15, 0.2) is 0 Å². The Hall–Kier alpha value is -1.75. The number of carbonyl (C=O) groups is 2. The fourth-order valence-electron chi connectivity index (χ4n) is 2.87. The maximum atomic E-state index is 12.4. The van der Waals surface area contributed by atoms with E-state index in [1.54, 1.807) is 18.2 Å².